The molecule has 5 aliphatic rings. The van der Waals surface area contributed by atoms with Crippen LogP contribution in [0.2, 0.25) is 5.04 Å². The molecule has 5 heterocycles. The third kappa shape index (κ3) is 30.1. The molecule has 0 aliphatic carbocycles. The minimum atomic E-state index is -2.48. The van der Waals surface area contributed by atoms with E-state index in [-0.39, 0.29) is 94.1 Å². The number of hydrogen-bond donors (Lipinski definition) is 0. The molecule has 138 heavy (non-hydrogen) atoms. The normalized spacial score (nSPS) is 19.5. The van der Waals surface area contributed by atoms with Gasteiger partial charge in [0.2, 0.25) is 17.9 Å². The van der Waals surface area contributed by atoms with E-state index in [1.54, 1.807) is 12.3 Å². The molecule has 0 bridgehead atoms. The Labute approximate surface area is 824 Å². The summed E-state index contributed by atoms with van der Waals surface area (Å²) < 4.78 is 68.2. The van der Waals surface area contributed by atoms with Gasteiger partial charge in [-0.1, -0.05) is 446 Å². The number of terminal acetylenes is 1. The average Bonchev–Trinajstić information content (AvgIpc) is 1.56. The number of carbonyl (C=O) groups is 2. The van der Waals surface area contributed by atoms with Crippen molar-refractivity contribution in [2.24, 2.45) is 34.5 Å². The van der Waals surface area contributed by atoms with Crippen LogP contribution in [0.3, 0.4) is 0 Å². The highest BCUT2D eigenvalue weighted by Gasteiger charge is 2.62. The third-order valence-corrected chi connectivity index (χ3v) is 35.0. The number of rotatable bonds is 31. The van der Waals surface area contributed by atoms with Crippen LogP contribution in [-0.2, 0) is 91.0 Å². The first-order valence-corrected chi connectivity index (χ1v) is 53.0. The molecule has 4 saturated heterocycles. The van der Waals surface area contributed by atoms with Crippen LogP contribution in [0.5, 0.6) is 0 Å². The Balaban J connectivity index is 0.000000161. The summed E-state index contributed by atoms with van der Waals surface area (Å²) in [4.78, 5) is 30.5. The number of amides is 2. The van der Waals surface area contributed by atoms with Gasteiger partial charge in [0.25, 0.3) is 8.32 Å². The van der Waals surface area contributed by atoms with Gasteiger partial charge in [0, 0.05) is 39.8 Å². The second-order valence-electron chi connectivity index (χ2n) is 38.9. The molecule has 13 atom stereocenters. The maximum Gasteiger partial charge on any atom is 0.346 e. The Morgan fingerprint density at radius 1 is 0.399 bits per heavy atom. The van der Waals surface area contributed by atoms with E-state index >= 15 is 0 Å². The summed E-state index contributed by atoms with van der Waals surface area (Å²) in [5, 5.41) is 25.4. The minimum Gasteiger partial charge on any atom is -0.624 e. The van der Waals surface area contributed by atoms with Crippen LogP contribution in [0.1, 0.15) is 143 Å². The van der Waals surface area contributed by atoms with Crippen LogP contribution in [0, 0.1) is 63.4 Å². The molecule has 0 N–H and O–H groups in total. The first kappa shape index (κ1) is 107. The van der Waals surface area contributed by atoms with Crippen LogP contribution < -0.4 is 31.1 Å². The molecular formula is C119H138N4O12Si3. The Hall–Kier alpha value is -11.9. The highest BCUT2D eigenvalue weighted by molar-refractivity contribution is 6.99. The average molecular weight is 1900 g/mol. The molecule has 2 amide bonds. The lowest BCUT2D eigenvalue weighted by atomic mass is 9.67. The molecule has 0 unspecified atom stereocenters. The third-order valence-electron chi connectivity index (χ3n) is 26.5. The van der Waals surface area contributed by atoms with Crippen molar-refractivity contribution in [3.8, 4) is 18.4 Å². The van der Waals surface area contributed by atoms with Crippen LogP contribution in [-0.4, -0.2) is 133 Å². The molecule has 12 aromatic carbocycles. The Morgan fingerprint density at radius 2 is 0.645 bits per heavy atom. The summed E-state index contributed by atoms with van der Waals surface area (Å²) >= 11 is 0. The number of carbonyl (C=O) groups excluding carboxylic acids is 2. The Morgan fingerprint density at radius 3 is 0.906 bits per heavy atom. The topological polar surface area (TPSA) is 189 Å². The molecule has 5 aliphatic heterocycles. The number of nitrogens with zero attached hydrogens (tertiary/aromatic N) is 4. The fourth-order valence-corrected chi connectivity index (χ4v) is 25.5. The van der Waals surface area contributed by atoms with E-state index in [1.165, 1.54) is 17.3 Å². The number of benzene rings is 12. The van der Waals surface area contributed by atoms with Crippen LogP contribution in [0.4, 0.5) is 0 Å². The molecule has 0 spiro atoms. The van der Waals surface area contributed by atoms with Gasteiger partial charge in [-0.15, -0.1) is 6.42 Å². The van der Waals surface area contributed by atoms with Crippen LogP contribution in [0.25, 0.3) is 0 Å². The maximum absolute atomic E-state index is 13.2. The maximum atomic E-state index is 13.2. The van der Waals surface area contributed by atoms with Crippen molar-refractivity contribution in [3.05, 3.63) is 403 Å². The second kappa shape index (κ2) is 53.3. The largest absolute Gasteiger partial charge is 0.624 e. The fourth-order valence-electron chi connectivity index (χ4n) is 18.2. The van der Waals surface area contributed by atoms with Crippen molar-refractivity contribution < 1.29 is 56.1 Å². The number of hydroxylamine groups is 1. The van der Waals surface area contributed by atoms with Gasteiger partial charge in [-0.25, -0.2) is 4.74 Å². The van der Waals surface area contributed by atoms with Gasteiger partial charge in [0.05, 0.1) is 101 Å². The highest BCUT2D eigenvalue weighted by atomic mass is 28.4. The highest BCUT2D eigenvalue weighted by Crippen LogP contribution is 2.51. The van der Waals surface area contributed by atoms with Crippen molar-refractivity contribution in [3.63, 3.8) is 0 Å². The van der Waals surface area contributed by atoms with E-state index in [0.717, 1.165) is 71.7 Å². The molecule has 17 rings (SSSR count). The van der Waals surface area contributed by atoms with E-state index < -0.39 is 25.7 Å². The summed E-state index contributed by atoms with van der Waals surface area (Å²) in [7, 11) is -6.07. The SMILES string of the molecule is C#C[C@H](C)O[Si](c1ccccc1)(c1ccccc1)C(C)(C)C.CC#N.C[C@@H]([C@@H]1C(=O)N2[C@@H]1C[C@H](OCc1ccccc1)[C@@H]2COCc1ccccc1)C(C)(C)C.C[C@@H]([C@H]1C(=O)N2[C@@H]1C[C@H](OCc1ccccc1)[C@@H]2COCc1ccccc1)C(C)(C)C.O=[Si](c1ccccc1)c1ccccc1.O=[Si](c1ccccc1)c1ccccc1.[O-][N+]1=CC[C@H](OCc2ccccc2)[C@@H]1COCc1ccccc1. The van der Waals surface area contributed by atoms with E-state index in [1.807, 2.05) is 274 Å². The van der Waals surface area contributed by atoms with E-state index in [4.69, 9.17) is 44.5 Å². The Kier molecular flexibility index (Phi) is 41.1. The van der Waals surface area contributed by atoms with Gasteiger partial charge in [-0.3, -0.25) is 9.59 Å². The van der Waals surface area contributed by atoms with Crippen molar-refractivity contribution in [1.82, 2.24) is 9.80 Å². The molecule has 0 saturated carbocycles. The predicted molar refractivity (Wildman–Crippen MR) is 559 cm³/mol. The monoisotopic (exact) mass is 1900 g/mol. The number of fused-ring (bicyclic) bond motifs is 2. The van der Waals surface area contributed by atoms with Crippen molar-refractivity contribution >= 4 is 74.8 Å². The Bertz CT molecular complexity index is 5390. The molecule has 12 aromatic rings. The minimum absolute atomic E-state index is 0.00194. The molecular weight excluding hydrogens is 1760 g/mol. The predicted octanol–water partition coefficient (Wildman–Crippen LogP) is 19.8. The summed E-state index contributed by atoms with van der Waals surface area (Å²) in [5.74, 6) is 4.12. The van der Waals surface area contributed by atoms with Crippen molar-refractivity contribution in [2.75, 3.05) is 19.8 Å². The lowest BCUT2D eigenvalue weighted by Crippen LogP contribution is -2.67. The number of ether oxygens (including phenoxy) is 6. The van der Waals surface area contributed by atoms with Crippen LogP contribution in [0.15, 0.2) is 364 Å². The first-order valence-electron chi connectivity index (χ1n) is 48.2. The van der Waals surface area contributed by atoms with E-state index in [2.05, 4.69) is 189 Å². The van der Waals surface area contributed by atoms with Crippen molar-refractivity contribution in [1.29, 1.82) is 5.26 Å². The summed E-state index contributed by atoms with van der Waals surface area (Å²) in [6, 6.07) is 122. The van der Waals surface area contributed by atoms with Gasteiger partial charge in [-0.05, 0) is 91.2 Å². The standard InChI is InChI=1S/2C27H35NO3.C20H24OSi.C19H21NO3.2C12H10OSi.C2H3N/c2*1-19(27(2,3)4)25-22-15-24(31-17-21-13-9-6-10-14-21)23(28(22)26(25)29)18-30-16-20-11-7-5-8-12-20;1-6-17(2)21-22(20(3,4)5,18-13-9-7-10-14-18)19-15-11-8-12-16-19;21-20-12-11-19(23-14-17-9-5-2-6-10-17)18(20)15-22-13-16-7-3-1-4-8-16;2*13-14(11-7-3-1-4-8-11)12-9-5-2-6-10-12;1-2-3/h2*5-14,19,22-25H,15-18H2,1-4H3;1,7-17H,2-5H3;1-10,12,18-19H,11,13-15H2;2*1-10H;1H3/t19-,22+,23-,24-,25+;19-,22+,23-,24-,25-;17-;18-,19-;;;/m0000.../s1. The number of β-lactam (4-membered cyclic amide) rings is 2. The van der Waals surface area contributed by atoms with E-state index in [0.29, 0.717) is 77.7 Å². The van der Waals surface area contributed by atoms with E-state index in [9.17, 15) is 23.7 Å². The summed E-state index contributed by atoms with van der Waals surface area (Å²) in [5.41, 5.74) is 7.04. The molecule has 0 radical (unpaired) electrons. The van der Waals surface area contributed by atoms with Gasteiger partial charge in [0.15, 0.2) is 6.21 Å². The second-order valence-corrected chi connectivity index (χ2v) is 46.8. The zero-order chi connectivity index (χ0) is 98.5. The first-order chi connectivity index (χ1) is 66.6. The van der Waals surface area contributed by atoms with Gasteiger partial charge >= 0.3 is 17.4 Å². The van der Waals surface area contributed by atoms with Gasteiger partial charge < -0.3 is 56.8 Å². The van der Waals surface area contributed by atoms with Crippen molar-refractivity contribution in [2.45, 2.75) is 209 Å². The zero-order valence-electron chi connectivity index (χ0n) is 82.5. The van der Waals surface area contributed by atoms with Crippen LogP contribution >= 0.6 is 0 Å². The lowest BCUT2D eigenvalue weighted by Gasteiger charge is -2.50. The molecule has 4 fully saturated rings. The smallest absolute Gasteiger partial charge is 0.346 e. The summed E-state index contributed by atoms with van der Waals surface area (Å²) in [6.07, 6.45) is 9.36. The molecule has 19 heteroatoms. The lowest BCUT2D eigenvalue weighted by molar-refractivity contribution is -0.504. The molecule has 16 nitrogen and oxygen atoms in total. The molecule has 718 valence electrons. The quantitative estimate of drug-likeness (QED) is 0.0131. The van der Waals surface area contributed by atoms with Gasteiger partial charge in [0.1, 0.15) is 18.8 Å². The molecule has 0 aromatic heterocycles. The summed E-state index contributed by atoms with van der Waals surface area (Å²) in [6.45, 7) is 32.6. The van der Waals surface area contributed by atoms with Gasteiger partial charge in [-0.2, -0.15) is 5.26 Å². The zero-order valence-corrected chi connectivity index (χ0v) is 85.5. The number of nitriles is 1. The number of hydrogen-bond acceptors (Lipinski definition) is 13. The fraction of sp³-hybridized carbons (Fsp3) is 0.345.